The average molecular weight is 457 g/mol. The summed E-state index contributed by atoms with van der Waals surface area (Å²) >= 11 is 0. The van der Waals surface area contributed by atoms with Gasteiger partial charge in [0.1, 0.15) is 18.7 Å². The summed E-state index contributed by atoms with van der Waals surface area (Å²) < 4.78 is 57.5. The maximum Gasteiger partial charge on any atom is 0.170 e. The summed E-state index contributed by atoms with van der Waals surface area (Å²) in [6, 6.07) is 9.08. The van der Waals surface area contributed by atoms with E-state index in [1.165, 1.54) is 0 Å². The molecule has 0 amide bonds. The standard InChI is InChI=1S/C26H25F4N2O/c1-2-15-13-32(14-19-24(29)20(27)12-21(28)25(19)30)10-8-16(15)11-23(32)26(33)18-7-9-31-22-6-4-3-5-17(18)22/h2-7,9,12,15-16,23,26,33H,1,8,10-11,13-14H2/q+1/t15-,16-,23-,26+,32-/m0/s1. The number of hydrogen-bond acceptors (Lipinski definition) is 2. The van der Waals surface area contributed by atoms with Gasteiger partial charge in [-0.1, -0.05) is 24.3 Å². The van der Waals surface area contributed by atoms with Crippen molar-refractivity contribution >= 4 is 10.9 Å². The summed E-state index contributed by atoms with van der Waals surface area (Å²) in [4.78, 5) is 4.36. The van der Waals surface area contributed by atoms with Crippen LogP contribution in [0.25, 0.3) is 10.9 Å². The van der Waals surface area contributed by atoms with Gasteiger partial charge in [0.25, 0.3) is 0 Å². The van der Waals surface area contributed by atoms with E-state index in [2.05, 4.69) is 11.6 Å². The van der Waals surface area contributed by atoms with Crippen molar-refractivity contribution in [3.8, 4) is 0 Å². The molecule has 7 heteroatoms. The van der Waals surface area contributed by atoms with Gasteiger partial charge in [-0.05, 0) is 23.6 Å². The first-order valence-electron chi connectivity index (χ1n) is 11.2. The van der Waals surface area contributed by atoms with Gasteiger partial charge in [0.15, 0.2) is 23.3 Å². The minimum atomic E-state index is -1.41. The number of piperidine rings is 3. The first-order chi connectivity index (χ1) is 15.8. The molecule has 2 aromatic carbocycles. The van der Waals surface area contributed by atoms with Gasteiger partial charge in [0.05, 0.1) is 24.2 Å². The highest BCUT2D eigenvalue weighted by Gasteiger charge is 2.54. The molecule has 0 unspecified atom stereocenters. The number of hydrogen-bond donors (Lipinski definition) is 1. The monoisotopic (exact) mass is 457 g/mol. The van der Waals surface area contributed by atoms with Crippen LogP contribution >= 0.6 is 0 Å². The molecule has 5 atom stereocenters. The van der Waals surface area contributed by atoms with Crippen LogP contribution in [0.15, 0.2) is 55.3 Å². The predicted molar refractivity (Wildman–Crippen MR) is 117 cm³/mol. The average Bonchev–Trinajstić information content (AvgIpc) is 2.84. The Kier molecular flexibility index (Phi) is 5.49. The molecule has 0 saturated carbocycles. The molecule has 3 fully saturated rings. The lowest BCUT2D eigenvalue weighted by molar-refractivity contribution is -0.985. The number of nitrogens with zero attached hydrogens (tertiary/aromatic N) is 2. The number of aliphatic hydroxyl groups excluding tert-OH is 1. The normalized spacial score (nSPS) is 27.6. The van der Waals surface area contributed by atoms with E-state index in [9.17, 15) is 22.7 Å². The summed E-state index contributed by atoms with van der Waals surface area (Å²) in [5.74, 6) is -5.17. The molecule has 6 rings (SSSR count). The third-order valence-corrected chi connectivity index (χ3v) is 7.72. The number of para-hydroxylation sites is 1. The molecule has 3 nitrogen and oxygen atoms in total. The van der Waals surface area contributed by atoms with Crippen LogP contribution in [0.5, 0.6) is 0 Å². The molecule has 3 saturated heterocycles. The number of fused-ring (bicyclic) bond motifs is 4. The van der Waals surface area contributed by atoms with Crippen molar-refractivity contribution in [3.63, 3.8) is 0 Å². The van der Waals surface area contributed by atoms with Crippen LogP contribution in [-0.4, -0.2) is 33.7 Å². The zero-order valence-electron chi connectivity index (χ0n) is 18.0. The van der Waals surface area contributed by atoms with Crippen molar-refractivity contribution in [1.82, 2.24) is 4.98 Å². The minimum absolute atomic E-state index is 0.0981. The molecule has 1 N–H and O–H groups in total. The smallest absolute Gasteiger partial charge is 0.170 e. The molecule has 0 aliphatic carbocycles. The van der Waals surface area contributed by atoms with Gasteiger partial charge in [0, 0.05) is 36.4 Å². The highest BCUT2D eigenvalue weighted by Crippen LogP contribution is 2.48. The summed E-state index contributed by atoms with van der Waals surface area (Å²) in [5.41, 5.74) is 0.828. The molecule has 33 heavy (non-hydrogen) atoms. The highest BCUT2D eigenvalue weighted by molar-refractivity contribution is 5.82. The predicted octanol–water partition coefficient (Wildman–Crippen LogP) is 5.44. The van der Waals surface area contributed by atoms with Crippen LogP contribution in [0.4, 0.5) is 17.6 Å². The van der Waals surface area contributed by atoms with Crippen LogP contribution in [0, 0.1) is 35.1 Å². The Morgan fingerprint density at radius 3 is 2.58 bits per heavy atom. The number of aliphatic hydroxyl groups is 1. The van der Waals surface area contributed by atoms with Gasteiger partial charge in [-0.2, -0.15) is 0 Å². The van der Waals surface area contributed by atoms with Crippen LogP contribution in [0.1, 0.15) is 30.1 Å². The van der Waals surface area contributed by atoms with Crippen LogP contribution in [0.2, 0.25) is 0 Å². The zero-order chi connectivity index (χ0) is 23.3. The molecular formula is C26H25F4N2O+. The summed E-state index contributed by atoms with van der Waals surface area (Å²) in [6.07, 6.45) is 3.96. The van der Waals surface area contributed by atoms with Gasteiger partial charge in [-0.3, -0.25) is 4.98 Å². The Balaban J connectivity index is 1.61. The number of quaternary nitrogens is 1. The van der Waals surface area contributed by atoms with E-state index in [0.29, 0.717) is 25.1 Å². The van der Waals surface area contributed by atoms with Crippen molar-refractivity contribution in [2.24, 2.45) is 11.8 Å². The number of aromatic nitrogens is 1. The Labute approximate surface area is 189 Å². The van der Waals surface area contributed by atoms with E-state index >= 15 is 0 Å². The van der Waals surface area contributed by atoms with Gasteiger partial charge >= 0.3 is 0 Å². The van der Waals surface area contributed by atoms with E-state index in [1.807, 2.05) is 30.3 Å². The SMILES string of the molecule is C=C[C@H]1C[N@+]2(Cc3c(F)c(F)cc(F)c3F)CC[C@H]1C[C@H]2[C@H](O)c1ccnc2ccccc12. The van der Waals surface area contributed by atoms with E-state index in [-0.39, 0.29) is 28.9 Å². The largest absolute Gasteiger partial charge is 0.382 e. The second kappa shape index (κ2) is 8.22. The highest BCUT2D eigenvalue weighted by atomic mass is 19.2. The number of halogens is 4. The minimum Gasteiger partial charge on any atom is -0.382 e. The van der Waals surface area contributed by atoms with Crippen LogP contribution < -0.4 is 0 Å². The third-order valence-electron chi connectivity index (χ3n) is 7.72. The molecule has 3 aliphatic rings. The summed E-state index contributed by atoms with van der Waals surface area (Å²) in [5, 5.41) is 12.4. The molecule has 4 heterocycles. The molecular weight excluding hydrogens is 432 g/mol. The van der Waals surface area contributed by atoms with Gasteiger partial charge in [-0.15, -0.1) is 6.58 Å². The van der Waals surface area contributed by atoms with Crippen LogP contribution in [-0.2, 0) is 6.54 Å². The lowest BCUT2D eigenvalue weighted by Crippen LogP contribution is -2.67. The Bertz CT molecular complexity index is 1200. The topological polar surface area (TPSA) is 33.1 Å². The van der Waals surface area contributed by atoms with Crippen molar-refractivity contribution in [2.45, 2.75) is 31.5 Å². The molecule has 0 spiro atoms. The number of rotatable bonds is 5. The second-order valence-electron chi connectivity index (χ2n) is 9.34. The number of pyridine rings is 1. The summed E-state index contributed by atoms with van der Waals surface area (Å²) in [6.45, 7) is 4.73. The molecule has 0 radical (unpaired) electrons. The van der Waals surface area contributed by atoms with E-state index in [4.69, 9.17) is 0 Å². The van der Waals surface area contributed by atoms with Gasteiger partial charge in [0.2, 0.25) is 0 Å². The first-order valence-corrected chi connectivity index (χ1v) is 11.2. The second-order valence-corrected chi connectivity index (χ2v) is 9.34. The maximum absolute atomic E-state index is 14.7. The van der Waals surface area contributed by atoms with Crippen molar-refractivity contribution in [2.75, 3.05) is 13.1 Å². The Morgan fingerprint density at radius 1 is 1.12 bits per heavy atom. The fourth-order valence-electron chi connectivity index (χ4n) is 6.04. The lowest BCUT2D eigenvalue weighted by atomic mass is 9.71. The van der Waals surface area contributed by atoms with Crippen molar-refractivity contribution in [1.29, 1.82) is 0 Å². The number of benzene rings is 2. The van der Waals surface area contributed by atoms with Crippen molar-refractivity contribution < 1.29 is 27.2 Å². The van der Waals surface area contributed by atoms with Gasteiger partial charge in [-0.25, -0.2) is 17.6 Å². The zero-order valence-corrected chi connectivity index (χ0v) is 18.0. The van der Waals surface area contributed by atoms with E-state index in [0.717, 1.165) is 17.3 Å². The van der Waals surface area contributed by atoms with Gasteiger partial charge < -0.3 is 9.59 Å². The molecule has 1 aromatic heterocycles. The van der Waals surface area contributed by atoms with E-state index in [1.54, 1.807) is 12.3 Å². The molecule has 3 aliphatic heterocycles. The maximum atomic E-state index is 14.7. The fourth-order valence-corrected chi connectivity index (χ4v) is 6.04. The lowest BCUT2D eigenvalue weighted by Gasteiger charge is -2.58. The molecule has 3 aromatic rings. The Hall–Kier alpha value is -2.77. The molecule has 2 bridgehead atoms. The summed E-state index contributed by atoms with van der Waals surface area (Å²) in [7, 11) is 0. The van der Waals surface area contributed by atoms with E-state index < -0.39 is 41.0 Å². The first kappa shape index (κ1) is 22.0. The fraction of sp³-hybridized carbons (Fsp3) is 0.346. The van der Waals surface area contributed by atoms with Crippen molar-refractivity contribution in [3.05, 3.63) is 89.6 Å². The third kappa shape index (κ3) is 3.54. The molecule has 172 valence electrons. The van der Waals surface area contributed by atoms with Crippen LogP contribution in [0.3, 0.4) is 0 Å². The Morgan fingerprint density at radius 2 is 1.85 bits per heavy atom. The quantitative estimate of drug-likeness (QED) is 0.240.